The molecular formula is C19H15FN2O. The minimum Gasteiger partial charge on any atom is -0.320 e. The molecule has 1 heterocycles. The highest BCUT2D eigenvalue weighted by atomic mass is 19.1. The second-order valence-corrected chi connectivity index (χ2v) is 5.84. The van der Waals surface area contributed by atoms with Gasteiger partial charge in [0.2, 0.25) is 0 Å². The maximum absolute atomic E-state index is 12.9. The number of halogens is 1. The van der Waals surface area contributed by atoms with Crippen LogP contribution in [-0.2, 0) is 0 Å². The van der Waals surface area contributed by atoms with E-state index >= 15 is 0 Å². The summed E-state index contributed by atoms with van der Waals surface area (Å²) in [4.78, 5) is 16.1. The lowest BCUT2D eigenvalue weighted by Crippen LogP contribution is -2.13. The minimum absolute atomic E-state index is 0.196. The van der Waals surface area contributed by atoms with E-state index in [4.69, 9.17) is 0 Å². The molecule has 3 aromatic rings. The average molecular weight is 306 g/mol. The van der Waals surface area contributed by atoms with Crippen LogP contribution >= 0.6 is 0 Å². The minimum atomic E-state index is -0.458. The van der Waals surface area contributed by atoms with Crippen molar-refractivity contribution in [3.63, 3.8) is 0 Å². The highest BCUT2D eigenvalue weighted by Gasteiger charge is 2.25. The normalized spacial score (nSPS) is 14.0. The molecule has 2 aromatic carbocycles. The van der Waals surface area contributed by atoms with E-state index in [-0.39, 0.29) is 11.6 Å². The Labute approximate surface area is 133 Å². The topological polar surface area (TPSA) is 42.0 Å². The smallest absolute Gasteiger partial charge is 0.274 e. The van der Waals surface area contributed by atoms with Crippen LogP contribution in [0.1, 0.15) is 34.8 Å². The fourth-order valence-corrected chi connectivity index (χ4v) is 2.89. The lowest BCUT2D eigenvalue weighted by atomic mass is 10.00. The highest BCUT2D eigenvalue weighted by Crippen LogP contribution is 2.43. The summed E-state index contributed by atoms with van der Waals surface area (Å²) < 4.78 is 12.9. The van der Waals surface area contributed by atoms with Crippen LogP contribution in [0, 0.1) is 5.82 Å². The van der Waals surface area contributed by atoms with Gasteiger partial charge >= 0.3 is 0 Å². The molecule has 0 atom stereocenters. The number of nitrogens with one attached hydrogen (secondary N) is 1. The number of hydrogen-bond donors (Lipinski definition) is 1. The summed E-state index contributed by atoms with van der Waals surface area (Å²) in [6.45, 7) is 0. The molecule has 23 heavy (non-hydrogen) atoms. The molecule has 1 saturated carbocycles. The van der Waals surface area contributed by atoms with Crippen molar-refractivity contribution in [2.75, 3.05) is 5.32 Å². The quantitative estimate of drug-likeness (QED) is 0.774. The van der Waals surface area contributed by atoms with Crippen molar-refractivity contribution >= 4 is 22.4 Å². The summed E-state index contributed by atoms with van der Waals surface area (Å²) in [5, 5.41) is 5.08. The van der Waals surface area contributed by atoms with Gasteiger partial charge in [-0.1, -0.05) is 30.3 Å². The molecule has 4 rings (SSSR count). The molecule has 0 unspecified atom stereocenters. The predicted molar refractivity (Wildman–Crippen MR) is 88.1 cm³/mol. The molecule has 3 nitrogen and oxygen atoms in total. The molecule has 1 aliphatic carbocycles. The highest BCUT2D eigenvalue weighted by molar-refractivity contribution is 6.08. The molecular weight excluding hydrogens is 291 g/mol. The van der Waals surface area contributed by atoms with Crippen LogP contribution in [0.25, 0.3) is 10.8 Å². The largest absolute Gasteiger partial charge is 0.320 e. The number of hydrogen-bond acceptors (Lipinski definition) is 2. The van der Waals surface area contributed by atoms with Crippen molar-refractivity contribution in [1.82, 2.24) is 4.98 Å². The Morgan fingerprint density at radius 2 is 1.83 bits per heavy atom. The van der Waals surface area contributed by atoms with Gasteiger partial charge < -0.3 is 5.32 Å². The number of carbonyl (C=O) groups is 1. The fraction of sp³-hybridized carbons (Fsp3) is 0.158. The fourth-order valence-electron chi connectivity index (χ4n) is 2.89. The maximum atomic E-state index is 12.9. The van der Waals surface area contributed by atoms with Crippen LogP contribution in [0.4, 0.5) is 10.1 Å². The van der Waals surface area contributed by atoms with E-state index in [0.29, 0.717) is 5.92 Å². The molecule has 0 saturated heterocycles. The first-order valence-electron chi connectivity index (χ1n) is 7.67. The third kappa shape index (κ3) is 2.68. The second kappa shape index (κ2) is 5.47. The molecule has 0 aliphatic heterocycles. The van der Waals surface area contributed by atoms with Crippen LogP contribution in [0.5, 0.6) is 0 Å². The van der Waals surface area contributed by atoms with Gasteiger partial charge in [0, 0.05) is 11.1 Å². The summed E-state index contributed by atoms with van der Waals surface area (Å²) in [5.41, 5.74) is 2.29. The Kier molecular flexibility index (Phi) is 3.30. The SMILES string of the molecule is O=C(Nc1cccc2c(C3CC3)cccc12)c1ccc(F)cn1. The van der Waals surface area contributed by atoms with E-state index in [1.54, 1.807) is 0 Å². The Bertz CT molecular complexity index is 886. The summed E-state index contributed by atoms with van der Waals surface area (Å²) in [6, 6.07) is 14.7. The number of pyridine rings is 1. The second-order valence-electron chi connectivity index (χ2n) is 5.84. The Hall–Kier alpha value is -2.75. The van der Waals surface area contributed by atoms with Crippen LogP contribution < -0.4 is 5.32 Å². The summed E-state index contributed by atoms with van der Waals surface area (Å²) >= 11 is 0. The van der Waals surface area contributed by atoms with Gasteiger partial charge in [-0.05, 0) is 47.9 Å². The maximum Gasteiger partial charge on any atom is 0.274 e. The van der Waals surface area contributed by atoms with Gasteiger partial charge in [-0.3, -0.25) is 4.79 Å². The van der Waals surface area contributed by atoms with Crippen molar-refractivity contribution in [3.05, 3.63) is 71.8 Å². The lowest BCUT2D eigenvalue weighted by Gasteiger charge is -2.11. The molecule has 4 heteroatoms. The number of anilines is 1. The zero-order valence-corrected chi connectivity index (χ0v) is 12.4. The third-order valence-electron chi connectivity index (χ3n) is 4.18. The molecule has 1 aliphatic rings. The number of nitrogens with zero attached hydrogens (tertiary/aromatic N) is 1. The van der Waals surface area contributed by atoms with E-state index in [0.717, 1.165) is 17.3 Å². The number of rotatable bonds is 3. The van der Waals surface area contributed by atoms with Gasteiger partial charge in [0.15, 0.2) is 0 Å². The van der Waals surface area contributed by atoms with Gasteiger partial charge in [-0.15, -0.1) is 0 Å². The Morgan fingerprint density at radius 1 is 1.04 bits per heavy atom. The van der Waals surface area contributed by atoms with Gasteiger partial charge in [0.25, 0.3) is 5.91 Å². The molecule has 1 fully saturated rings. The van der Waals surface area contributed by atoms with Crippen molar-refractivity contribution in [2.24, 2.45) is 0 Å². The van der Waals surface area contributed by atoms with Gasteiger partial charge in [-0.25, -0.2) is 9.37 Å². The van der Waals surface area contributed by atoms with Crippen LogP contribution in [0.15, 0.2) is 54.7 Å². The molecule has 1 aromatic heterocycles. The van der Waals surface area contributed by atoms with Crippen LogP contribution in [0.3, 0.4) is 0 Å². The predicted octanol–water partition coefficient (Wildman–Crippen LogP) is 4.50. The van der Waals surface area contributed by atoms with E-state index in [1.807, 2.05) is 24.3 Å². The van der Waals surface area contributed by atoms with Crippen molar-refractivity contribution in [3.8, 4) is 0 Å². The van der Waals surface area contributed by atoms with E-state index in [2.05, 4.69) is 22.4 Å². The van der Waals surface area contributed by atoms with Crippen molar-refractivity contribution in [1.29, 1.82) is 0 Å². The van der Waals surface area contributed by atoms with Crippen LogP contribution in [0.2, 0.25) is 0 Å². The zero-order valence-electron chi connectivity index (χ0n) is 12.4. The molecule has 0 bridgehead atoms. The first-order valence-corrected chi connectivity index (χ1v) is 7.67. The Balaban J connectivity index is 1.70. The van der Waals surface area contributed by atoms with Gasteiger partial charge in [0.1, 0.15) is 11.5 Å². The lowest BCUT2D eigenvalue weighted by molar-refractivity contribution is 0.102. The monoisotopic (exact) mass is 306 g/mol. The molecule has 0 spiro atoms. The Morgan fingerprint density at radius 3 is 2.57 bits per heavy atom. The van der Waals surface area contributed by atoms with Gasteiger partial charge in [-0.2, -0.15) is 0 Å². The first-order chi connectivity index (χ1) is 11.2. The number of carbonyl (C=O) groups excluding carboxylic acids is 1. The van der Waals surface area contributed by atoms with E-state index in [9.17, 15) is 9.18 Å². The van der Waals surface area contributed by atoms with Gasteiger partial charge in [0.05, 0.1) is 6.20 Å². The van der Waals surface area contributed by atoms with Crippen molar-refractivity contribution in [2.45, 2.75) is 18.8 Å². The average Bonchev–Trinajstić information content (AvgIpc) is 3.40. The number of benzene rings is 2. The van der Waals surface area contributed by atoms with Crippen molar-refractivity contribution < 1.29 is 9.18 Å². The number of amides is 1. The molecule has 0 radical (unpaired) electrons. The van der Waals surface area contributed by atoms with E-state index < -0.39 is 5.82 Å². The van der Waals surface area contributed by atoms with E-state index in [1.165, 1.54) is 35.9 Å². The molecule has 1 N–H and O–H groups in total. The standard InChI is InChI=1S/C19H15FN2O/c20-13-9-10-18(21-11-13)19(23)22-17-6-2-4-15-14(12-7-8-12)3-1-5-16(15)17/h1-6,9-12H,7-8H2,(H,22,23). The summed E-state index contributed by atoms with van der Waals surface area (Å²) in [7, 11) is 0. The molecule has 1 amide bonds. The number of aromatic nitrogens is 1. The summed E-state index contributed by atoms with van der Waals surface area (Å²) in [6.07, 6.45) is 3.51. The van der Waals surface area contributed by atoms with Crippen LogP contribution in [-0.4, -0.2) is 10.9 Å². The zero-order chi connectivity index (χ0) is 15.8. The molecule has 114 valence electrons. The summed E-state index contributed by atoms with van der Waals surface area (Å²) in [5.74, 6) is -0.154. The third-order valence-corrected chi connectivity index (χ3v) is 4.18. The number of fused-ring (bicyclic) bond motifs is 1. The first kappa shape index (κ1) is 13.9.